The van der Waals surface area contributed by atoms with Crippen LogP contribution < -0.4 is 20.1 Å². The van der Waals surface area contributed by atoms with Crippen LogP contribution in [0.2, 0.25) is 0 Å². The largest absolute Gasteiger partial charge is 0.454 e. The van der Waals surface area contributed by atoms with Crippen molar-refractivity contribution in [3.63, 3.8) is 0 Å². The first-order valence-electron chi connectivity index (χ1n) is 6.67. The van der Waals surface area contributed by atoms with E-state index in [2.05, 4.69) is 10.6 Å². The van der Waals surface area contributed by atoms with E-state index in [1.165, 1.54) is 0 Å². The maximum atomic E-state index is 12.0. The quantitative estimate of drug-likeness (QED) is 0.893. The third-order valence-electron chi connectivity index (χ3n) is 3.63. The Kier molecular flexibility index (Phi) is 4.73. The predicted molar refractivity (Wildman–Crippen MR) is 77.4 cm³/mol. The first kappa shape index (κ1) is 14.9. The van der Waals surface area contributed by atoms with Gasteiger partial charge in [-0.15, -0.1) is 12.4 Å². The Morgan fingerprint density at radius 3 is 2.95 bits per heavy atom. The van der Waals surface area contributed by atoms with Crippen molar-refractivity contribution >= 4 is 18.3 Å². The Bertz CT molecular complexity index is 489. The molecule has 0 aliphatic carbocycles. The zero-order valence-corrected chi connectivity index (χ0v) is 12.2. The third kappa shape index (κ3) is 2.99. The van der Waals surface area contributed by atoms with Gasteiger partial charge in [-0.3, -0.25) is 4.79 Å². The fourth-order valence-corrected chi connectivity index (χ4v) is 2.49. The molecular formula is C14H19ClN2O3. The Balaban J connectivity index is 0.00000147. The average molecular weight is 299 g/mol. The summed E-state index contributed by atoms with van der Waals surface area (Å²) in [5, 5.41) is 6.23. The number of rotatable bonds is 3. The molecule has 2 unspecified atom stereocenters. The van der Waals surface area contributed by atoms with Crippen molar-refractivity contribution in [2.24, 2.45) is 0 Å². The van der Waals surface area contributed by atoms with Crippen LogP contribution in [0.15, 0.2) is 18.2 Å². The number of hydrogen-bond acceptors (Lipinski definition) is 4. The average Bonchev–Trinajstić information content (AvgIpc) is 3.09. The number of halogens is 1. The molecule has 1 fully saturated rings. The second-order valence-electron chi connectivity index (χ2n) is 4.99. The summed E-state index contributed by atoms with van der Waals surface area (Å²) in [5.41, 5.74) is 1.02. The molecule has 20 heavy (non-hydrogen) atoms. The van der Waals surface area contributed by atoms with Gasteiger partial charge in [0.1, 0.15) is 0 Å². The standard InChI is InChI=1S/C14H18N2O3.ClH/c1-9(16-14(17)11-3-2-6-15-11)10-4-5-12-13(7-10)19-8-18-12;/h4-5,7,9,11,15H,2-3,6,8H2,1H3,(H,16,17);1H. The molecule has 1 saturated heterocycles. The molecule has 2 atom stereocenters. The molecule has 3 rings (SSSR count). The molecule has 2 heterocycles. The van der Waals surface area contributed by atoms with Crippen LogP contribution in [0.1, 0.15) is 31.4 Å². The van der Waals surface area contributed by atoms with Crippen molar-refractivity contribution < 1.29 is 14.3 Å². The number of carbonyl (C=O) groups excluding carboxylic acids is 1. The lowest BCUT2D eigenvalue weighted by molar-refractivity contribution is -0.123. The summed E-state index contributed by atoms with van der Waals surface area (Å²) in [6.45, 7) is 3.17. The van der Waals surface area contributed by atoms with Gasteiger partial charge in [0.15, 0.2) is 11.5 Å². The van der Waals surface area contributed by atoms with Gasteiger partial charge < -0.3 is 20.1 Å². The lowest BCUT2D eigenvalue weighted by Crippen LogP contribution is -2.41. The SMILES string of the molecule is CC(NC(=O)C1CCCN1)c1ccc2c(c1)OCO2.Cl. The lowest BCUT2D eigenvalue weighted by atomic mass is 10.1. The van der Waals surface area contributed by atoms with E-state index in [1.54, 1.807) is 0 Å². The van der Waals surface area contributed by atoms with E-state index in [0.29, 0.717) is 0 Å². The highest BCUT2D eigenvalue weighted by Gasteiger charge is 2.24. The van der Waals surface area contributed by atoms with E-state index in [4.69, 9.17) is 9.47 Å². The molecule has 110 valence electrons. The summed E-state index contributed by atoms with van der Waals surface area (Å²) in [5.74, 6) is 1.58. The normalized spacial score (nSPS) is 21.1. The number of nitrogens with one attached hydrogen (secondary N) is 2. The maximum Gasteiger partial charge on any atom is 0.237 e. The van der Waals surface area contributed by atoms with Crippen molar-refractivity contribution in [3.8, 4) is 11.5 Å². The molecular weight excluding hydrogens is 280 g/mol. The second kappa shape index (κ2) is 6.33. The number of fused-ring (bicyclic) bond motifs is 1. The van der Waals surface area contributed by atoms with Gasteiger partial charge >= 0.3 is 0 Å². The van der Waals surface area contributed by atoms with E-state index in [1.807, 2.05) is 25.1 Å². The molecule has 1 aromatic rings. The molecule has 0 aromatic heterocycles. The third-order valence-corrected chi connectivity index (χ3v) is 3.63. The molecule has 0 bridgehead atoms. The van der Waals surface area contributed by atoms with Crippen molar-refractivity contribution in [1.82, 2.24) is 10.6 Å². The van der Waals surface area contributed by atoms with Crippen molar-refractivity contribution in [1.29, 1.82) is 0 Å². The van der Waals surface area contributed by atoms with E-state index >= 15 is 0 Å². The van der Waals surface area contributed by atoms with Crippen LogP contribution >= 0.6 is 12.4 Å². The first-order valence-corrected chi connectivity index (χ1v) is 6.67. The minimum atomic E-state index is -0.0449. The fourth-order valence-electron chi connectivity index (χ4n) is 2.49. The van der Waals surface area contributed by atoms with Crippen LogP contribution in [-0.2, 0) is 4.79 Å². The van der Waals surface area contributed by atoms with Crippen molar-refractivity contribution in [2.45, 2.75) is 31.8 Å². The van der Waals surface area contributed by atoms with Gasteiger partial charge in [0.05, 0.1) is 12.1 Å². The number of hydrogen-bond donors (Lipinski definition) is 2. The number of amides is 1. The van der Waals surface area contributed by atoms with E-state index < -0.39 is 0 Å². The van der Waals surface area contributed by atoms with Crippen LogP contribution in [0.3, 0.4) is 0 Å². The van der Waals surface area contributed by atoms with E-state index in [9.17, 15) is 4.79 Å². The number of ether oxygens (including phenoxy) is 2. The first-order chi connectivity index (χ1) is 9.24. The minimum Gasteiger partial charge on any atom is -0.454 e. The van der Waals surface area contributed by atoms with Gasteiger partial charge in [0.2, 0.25) is 12.7 Å². The monoisotopic (exact) mass is 298 g/mol. The molecule has 1 amide bonds. The number of carbonyl (C=O) groups is 1. The van der Waals surface area contributed by atoms with E-state index in [-0.39, 0.29) is 37.2 Å². The lowest BCUT2D eigenvalue weighted by Gasteiger charge is -2.17. The Hall–Kier alpha value is -1.46. The zero-order valence-electron chi connectivity index (χ0n) is 11.3. The van der Waals surface area contributed by atoms with Gasteiger partial charge in [-0.1, -0.05) is 6.07 Å². The van der Waals surface area contributed by atoms with Gasteiger partial charge in [-0.05, 0) is 44.0 Å². The summed E-state index contributed by atoms with van der Waals surface area (Å²) < 4.78 is 10.6. The molecule has 0 saturated carbocycles. The van der Waals surface area contributed by atoms with Crippen LogP contribution in [0, 0.1) is 0 Å². The highest BCUT2D eigenvalue weighted by Crippen LogP contribution is 2.34. The molecule has 2 N–H and O–H groups in total. The topological polar surface area (TPSA) is 59.6 Å². The van der Waals surface area contributed by atoms with Crippen LogP contribution in [0.4, 0.5) is 0 Å². The Morgan fingerprint density at radius 2 is 2.20 bits per heavy atom. The van der Waals surface area contributed by atoms with Gasteiger partial charge in [0.25, 0.3) is 0 Å². The molecule has 0 spiro atoms. The predicted octanol–water partition coefficient (Wildman–Crippen LogP) is 1.77. The molecule has 0 radical (unpaired) electrons. The van der Waals surface area contributed by atoms with Gasteiger partial charge in [-0.2, -0.15) is 0 Å². The zero-order chi connectivity index (χ0) is 13.2. The summed E-state index contributed by atoms with van der Waals surface area (Å²) in [7, 11) is 0. The fraction of sp³-hybridized carbons (Fsp3) is 0.500. The Labute approximate surface area is 124 Å². The molecule has 2 aliphatic heterocycles. The minimum absolute atomic E-state index is 0. The molecule has 1 aromatic carbocycles. The molecule has 5 nitrogen and oxygen atoms in total. The molecule has 2 aliphatic rings. The summed E-state index contributed by atoms with van der Waals surface area (Å²) in [6, 6.07) is 5.69. The highest BCUT2D eigenvalue weighted by molar-refractivity contribution is 5.85. The maximum absolute atomic E-state index is 12.0. The number of benzene rings is 1. The van der Waals surface area contributed by atoms with Crippen LogP contribution in [0.25, 0.3) is 0 Å². The second-order valence-corrected chi connectivity index (χ2v) is 4.99. The van der Waals surface area contributed by atoms with Crippen molar-refractivity contribution in [3.05, 3.63) is 23.8 Å². The molecule has 6 heteroatoms. The van der Waals surface area contributed by atoms with Crippen LogP contribution in [0.5, 0.6) is 11.5 Å². The van der Waals surface area contributed by atoms with Gasteiger partial charge in [0, 0.05) is 0 Å². The summed E-state index contributed by atoms with van der Waals surface area (Å²) in [6.07, 6.45) is 1.98. The van der Waals surface area contributed by atoms with E-state index in [0.717, 1.165) is 36.4 Å². The highest BCUT2D eigenvalue weighted by atomic mass is 35.5. The van der Waals surface area contributed by atoms with Crippen molar-refractivity contribution in [2.75, 3.05) is 13.3 Å². The summed E-state index contributed by atoms with van der Waals surface area (Å²) in [4.78, 5) is 12.0. The van der Waals surface area contributed by atoms with Crippen LogP contribution in [-0.4, -0.2) is 25.3 Å². The smallest absolute Gasteiger partial charge is 0.237 e. The summed E-state index contributed by atoms with van der Waals surface area (Å²) >= 11 is 0. The Morgan fingerprint density at radius 1 is 1.40 bits per heavy atom. The van der Waals surface area contributed by atoms with Gasteiger partial charge in [-0.25, -0.2) is 0 Å².